The molecule has 0 saturated carbocycles. The van der Waals surface area contributed by atoms with E-state index in [0.717, 1.165) is 18.8 Å². The van der Waals surface area contributed by atoms with E-state index >= 15 is 0 Å². The van der Waals surface area contributed by atoms with Gasteiger partial charge in [0.25, 0.3) is 0 Å². The van der Waals surface area contributed by atoms with Crippen LogP contribution in [0, 0.1) is 25.7 Å². The Hall–Kier alpha value is -2.77. The van der Waals surface area contributed by atoms with Gasteiger partial charge in [-0.3, -0.25) is 0 Å². The molecule has 0 radical (unpaired) electrons. The molecular weight excluding hydrogens is 657 g/mol. The Kier molecular flexibility index (Phi) is 25.8. The molecule has 0 aliphatic heterocycles. The third-order valence-electron chi connectivity index (χ3n) is 8.93. The van der Waals surface area contributed by atoms with E-state index in [1.807, 2.05) is 39.5 Å². The molecule has 0 aromatic heterocycles. The fourth-order valence-corrected chi connectivity index (χ4v) is 6.80. The summed E-state index contributed by atoms with van der Waals surface area (Å²) in [5, 5.41) is 0. The van der Waals surface area contributed by atoms with Crippen LogP contribution in [-0.2, 0) is 23.7 Å². The number of hydrogen-bond donors (Lipinski definition) is 0. The number of rotatable bonds is 10. The lowest BCUT2D eigenvalue weighted by molar-refractivity contribution is 0.503. The molecule has 0 spiro atoms. The van der Waals surface area contributed by atoms with Crippen molar-refractivity contribution < 1.29 is 0 Å². The molecule has 1 heteroatoms. The van der Waals surface area contributed by atoms with Crippen molar-refractivity contribution in [1.82, 2.24) is 0 Å². The van der Waals surface area contributed by atoms with Crippen molar-refractivity contribution in [2.45, 2.75) is 179 Å². The van der Waals surface area contributed by atoms with Crippen LogP contribution in [0.2, 0.25) is 0 Å². The van der Waals surface area contributed by atoms with E-state index in [9.17, 15) is 0 Å². The second-order valence-electron chi connectivity index (χ2n) is 16.7. The van der Waals surface area contributed by atoms with E-state index < -0.39 is 0 Å². The Morgan fingerprint density at radius 2 is 1.28 bits per heavy atom. The van der Waals surface area contributed by atoms with Crippen molar-refractivity contribution in [3.8, 4) is 0 Å². The maximum Gasteiger partial charge on any atom is 0.0215 e. The molecule has 3 aromatic rings. The molecule has 3 aromatic carbocycles. The highest BCUT2D eigenvalue weighted by Crippen LogP contribution is 2.43. The summed E-state index contributed by atoms with van der Waals surface area (Å²) in [6.07, 6.45) is 11.0. The van der Waals surface area contributed by atoms with Crippen LogP contribution in [0.5, 0.6) is 0 Å². The lowest BCUT2D eigenvalue weighted by Crippen LogP contribution is -2.28. The van der Waals surface area contributed by atoms with Crippen LogP contribution in [0.1, 0.15) is 165 Å². The van der Waals surface area contributed by atoms with Gasteiger partial charge in [-0.05, 0) is 116 Å². The molecule has 0 heterocycles. The van der Waals surface area contributed by atoms with Crippen LogP contribution >= 0.6 is 11.8 Å². The van der Waals surface area contributed by atoms with Crippen molar-refractivity contribution in [3.63, 3.8) is 0 Å². The molecule has 0 bridgehead atoms. The Labute approximate surface area is 336 Å². The van der Waals surface area contributed by atoms with Crippen LogP contribution < -0.4 is 0 Å². The Balaban J connectivity index is 0. The maximum absolute atomic E-state index is 2.44. The number of thioether (sulfide) groups is 1. The highest BCUT2D eigenvalue weighted by atomic mass is 32.2. The first-order chi connectivity index (χ1) is 24.7. The van der Waals surface area contributed by atoms with Gasteiger partial charge < -0.3 is 0 Å². The zero-order valence-electron chi connectivity index (χ0n) is 38.6. The largest absolute Gasteiger partial charge is 0.120 e. The molecule has 0 amide bonds. The zero-order chi connectivity index (χ0) is 41.6. The summed E-state index contributed by atoms with van der Waals surface area (Å²) in [7, 11) is 0. The van der Waals surface area contributed by atoms with E-state index in [1.54, 1.807) is 0 Å². The van der Waals surface area contributed by atoms with Gasteiger partial charge in [-0.25, -0.2) is 0 Å². The summed E-state index contributed by atoms with van der Waals surface area (Å²) in [4.78, 5) is 1.36. The first-order valence-corrected chi connectivity index (χ1v) is 21.4. The molecule has 1 atom stereocenters. The maximum atomic E-state index is 2.44. The lowest BCUT2D eigenvalue weighted by Gasteiger charge is -2.34. The average molecular weight is 741 g/mol. The Morgan fingerprint density at radius 3 is 1.74 bits per heavy atom. The predicted octanol–water partition coefficient (Wildman–Crippen LogP) is 17.1. The summed E-state index contributed by atoms with van der Waals surface area (Å²) in [5.74, 6) is 1.43. The molecule has 3 rings (SSSR count). The van der Waals surface area contributed by atoms with E-state index in [4.69, 9.17) is 0 Å². The molecular formula is C52H84S. The van der Waals surface area contributed by atoms with Gasteiger partial charge >= 0.3 is 0 Å². The number of allylic oxidation sites excluding steroid dienone is 6. The summed E-state index contributed by atoms with van der Waals surface area (Å²) < 4.78 is 0.185. The number of benzene rings is 3. The standard InChI is InChI=1S/C31H42S.C13H20.C4H10.2C2H6/c1-10-11-17-27(18-23(2)3)31(9,22-26-15-13-12-14-16-26)28-19-25(6)20-29(21-28)32-30(7,8)24(4)5;1-6-11-8-7-10(2)12(9-11)13(3,4)5;1-4(2)3;2*1-2/h10-21,24H,22H2,1-9H3;7-9H,6H2,1-5H3;4H,1-3H3;2*1-2H3/b11-10+,27-17+;;;;. The minimum absolute atomic E-state index is 0.137. The molecule has 1 unspecified atom stereocenters. The predicted molar refractivity (Wildman–Crippen MR) is 248 cm³/mol. The minimum Gasteiger partial charge on any atom is -0.120 e. The second-order valence-corrected chi connectivity index (χ2v) is 18.5. The fraction of sp³-hybridized carbons (Fsp3) is 0.538. The smallest absolute Gasteiger partial charge is 0.0215 e. The van der Waals surface area contributed by atoms with Crippen LogP contribution in [0.15, 0.2) is 107 Å². The lowest BCUT2D eigenvalue weighted by atomic mass is 9.70. The Morgan fingerprint density at radius 1 is 0.736 bits per heavy atom. The van der Waals surface area contributed by atoms with Crippen molar-refractivity contribution in [1.29, 1.82) is 0 Å². The van der Waals surface area contributed by atoms with Gasteiger partial charge in [-0.1, -0.05) is 195 Å². The van der Waals surface area contributed by atoms with Crippen molar-refractivity contribution in [2.75, 3.05) is 0 Å². The van der Waals surface area contributed by atoms with Crippen LogP contribution in [0.4, 0.5) is 0 Å². The molecule has 298 valence electrons. The molecule has 53 heavy (non-hydrogen) atoms. The topological polar surface area (TPSA) is 0 Å². The third-order valence-corrected chi connectivity index (χ3v) is 10.4. The van der Waals surface area contributed by atoms with Gasteiger partial charge in [-0.2, -0.15) is 0 Å². The normalized spacial score (nSPS) is 12.6. The van der Waals surface area contributed by atoms with Crippen LogP contribution in [0.3, 0.4) is 0 Å². The fourth-order valence-electron chi connectivity index (χ4n) is 5.52. The summed E-state index contributed by atoms with van der Waals surface area (Å²) in [6.45, 7) is 46.2. The third kappa shape index (κ3) is 19.9. The highest BCUT2D eigenvalue weighted by Gasteiger charge is 2.32. The summed E-state index contributed by atoms with van der Waals surface area (Å²) >= 11 is 2.00. The SMILES string of the molecule is C/C=C/C=C(\C=C(C)C)C(C)(Cc1ccccc1)c1cc(C)cc(SC(C)(C)C(C)C)c1.CC.CC.CC(C)C.CCc1ccc(C)c(C(C)(C)C)c1. The molecule has 0 aliphatic rings. The summed E-state index contributed by atoms with van der Waals surface area (Å²) in [6, 6.07) is 24.9. The van der Waals surface area contributed by atoms with Crippen molar-refractivity contribution in [3.05, 3.63) is 136 Å². The van der Waals surface area contributed by atoms with Gasteiger partial charge in [-0.15, -0.1) is 11.8 Å². The molecule has 0 nitrogen and oxygen atoms in total. The van der Waals surface area contributed by atoms with Gasteiger partial charge in [0.2, 0.25) is 0 Å². The molecule has 0 saturated heterocycles. The van der Waals surface area contributed by atoms with Gasteiger partial charge in [0.15, 0.2) is 0 Å². The van der Waals surface area contributed by atoms with Crippen molar-refractivity contribution in [2.24, 2.45) is 11.8 Å². The minimum atomic E-state index is -0.137. The van der Waals surface area contributed by atoms with Crippen LogP contribution in [0.25, 0.3) is 0 Å². The molecule has 0 N–H and O–H groups in total. The van der Waals surface area contributed by atoms with Gasteiger partial charge in [0.1, 0.15) is 0 Å². The second kappa shape index (κ2) is 26.1. The average Bonchev–Trinajstić information content (AvgIpc) is 3.08. The number of aryl methyl sites for hydroxylation is 3. The quantitative estimate of drug-likeness (QED) is 0.147. The van der Waals surface area contributed by atoms with E-state index in [-0.39, 0.29) is 15.6 Å². The van der Waals surface area contributed by atoms with E-state index in [0.29, 0.717) is 5.92 Å². The monoisotopic (exact) mass is 741 g/mol. The number of hydrogen-bond acceptors (Lipinski definition) is 1. The highest BCUT2D eigenvalue weighted by molar-refractivity contribution is 8.00. The van der Waals surface area contributed by atoms with Crippen molar-refractivity contribution >= 4 is 11.8 Å². The van der Waals surface area contributed by atoms with Gasteiger partial charge in [0.05, 0.1) is 0 Å². The summed E-state index contributed by atoms with van der Waals surface area (Å²) in [5.41, 5.74) is 11.2. The van der Waals surface area contributed by atoms with E-state index in [2.05, 4.69) is 209 Å². The van der Waals surface area contributed by atoms with Gasteiger partial charge in [0, 0.05) is 15.1 Å². The molecule has 0 fully saturated rings. The zero-order valence-corrected chi connectivity index (χ0v) is 39.5. The Bertz CT molecular complexity index is 1500. The first-order valence-electron chi connectivity index (χ1n) is 20.6. The first kappa shape index (κ1) is 52.3. The molecule has 0 aliphatic carbocycles. The van der Waals surface area contributed by atoms with Crippen LogP contribution in [-0.4, -0.2) is 4.75 Å². The van der Waals surface area contributed by atoms with E-state index in [1.165, 1.54) is 49.4 Å².